The van der Waals surface area contributed by atoms with Gasteiger partial charge >= 0.3 is 5.97 Å². The van der Waals surface area contributed by atoms with Gasteiger partial charge in [-0.1, -0.05) is 22.0 Å². The number of hydrogen-bond acceptors (Lipinski definition) is 4. The number of benzene rings is 1. The highest BCUT2D eigenvalue weighted by molar-refractivity contribution is 9.10. The third-order valence-corrected chi connectivity index (χ3v) is 2.74. The number of hydrogen-bond donors (Lipinski definition) is 1. The highest BCUT2D eigenvalue weighted by atomic mass is 79.9. The smallest absolute Gasteiger partial charge is 0.373 e. The predicted molar refractivity (Wildman–Crippen MR) is 67.3 cm³/mol. The van der Waals surface area contributed by atoms with Crippen molar-refractivity contribution in [3.8, 4) is 11.5 Å². The number of carboxylic acids is 1. The second-order valence-electron chi connectivity index (χ2n) is 3.54. The van der Waals surface area contributed by atoms with Crippen molar-refractivity contribution in [1.29, 1.82) is 0 Å². The molecule has 0 aliphatic carbocycles. The molecule has 0 spiro atoms. The van der Waals surface area contributed by atoms with Crippen LogP contribution in [-0.4, -0.2) is 23.2 Å². The molecule has 6 heteroatoms. The van der Waals surface area contributed by atoms with Gasteiger partial charge in [-0.2, -0.15) is 0 Å². The Kier molecular flexibility index (Phi) is 3.78. The Bertz CT molecular complexity index is 579. The molecule has 18 heavy (non-hydrogen) atoms. The molecular weight excluding hydrogens is 302 g/mol. The summed E-state index contributed by atoms with van der Waals surface area (Å²) in [7, 11) is 1.47. The molecule has 1 N–H and O–H groups in total. The number of oxazole rings is 1. The molecule has 1 aromatic heterocycles. The van der Waals surface area contributed by atoms with Gasteiger partial charge in [0.25, 0.3) is 0 Å². The maximum Gasteiger partial charge on any atom is 0.373 e. The first-order valence-corrected chi connectivity index (χ1v) is 5.89. The number of halogens is 1. The van der Waals surface area contributed by atoms with Crippen LogP contribution in [0.25, 0.3) is 11.5 Å². The predicted octanol–water partition coefficient (Wildman–Crippen LogP) is 2.95. The van der Waals surface area contributed by atoms with E-state index in [9.17, 15) is 4.79 Å². The first-order chi connectivity index (χ1) is 8.61. The maximum atomic E-state index is 11.0. The Morgan fingerprint density at radius 1 is 1.56 bits per heavy atom. The molecule has 0 unspecified atom stereocenters. The number of nitrogens with zero attached hydrogens (tertiary/aromatic N) is 1. The van der Waals surface area contributed by atoms with Crippen LogP contribution in [0, 0.1) is 0 Å². The summed E-state index contributed by atoms with van der Waals surface area (Å²) < 4.78 is 11.0. The van der Waals surface area contributed by atoms with Gasteiger partial charge in [-0.15, -0.1) is 0 Å². The zero-order valence-electron chi connectivity index (χ0n) is 9.51. The van der Waals surface area contributed by atoms with Crippen molar-refractivity contribution < 1.29 is 19.1 Å². The summed E-state index contributed by atoms with van der Waals surface area (Å²) in [6, 6.07) is 7.27. The van der Waals surface area contributed by atoms with Gasteiger partial charge in [-0.3, -0.25) is 0 Å². The zero-order chi connectivity index (χ0) is 13.1. The highest BCUT2D eigenvalue weighted by Crippen LogP contribution is 2.25. The minimum absolute atomic E-state index is 0.0964. The van der Waals surface area contributed by atoms with Crippen LogP contribution in [0.15, 0.2) is 33.2 Å². The van der Waals surface area contributed by atoms with Gasteiger partial charge in [0.2, 0.25) is 11.7 Å². The highest BCUT2D eigenvalue weighted by Gasteiger charge is 2.20. The molecule has 0 saturated heterocycles. The lowest BCUT2D eigenvalue weighted by molar-refractivity contribution is 0.0656. The fraction of sp³-hybridized carbons (Fsp3) is 0.167. The Hall–Kier alpha value is -1.66. The van der Waals surface area contributed by atoms with Crippen molar-refractivity contribution >= 4 is 21.9 Å². The fourth-order valence-electron chi connectivity index (χ4n) is 1.50. The lowest BCUT2D eigenvalue weighted by Crippen LogP contribution is -2.00. The van der Waals surface area contributed by atoms with Gasteiger partial charge in [0, 0.05) is 17.1 Å². The van der Waals surface area contributed by atoms with E-state index in [-0.39, 0.29) is 24.0 Å². The molecule has 0 atom stereocenters. The van der Waals surface area contributed by atoms with Gasteiger partial charge in [-0.05, 0) is 18.2 Å². The van der Waals surface area contributed by atoms with Crippen LogP contribution in [0.5, 0.6) is 0 Å². The minimum Gasteiger partial charge on any atom is -0.475 e. The molecule has 0 aliphatic rings. The monoisotopic (exact) mass is 311 g/mol. The Labute approximate surface area is 112 Å². The molecule has 94 valence electrons. The van der Waals surface area contributed by atoms with Gasteiger partial charge in [0.1, 0.15) is 5.69 Å². The first kappa shape index (κ1) is 12.8. The average molecular weight is 312 g/mol. The fourth-order valence-corrected chi connectivity index (χ4v) is 1.90. The molecule has 0 fully saturated rings. The Morgan fingerprint density at radius 2 is 2.33 bits per heavy atom. The van der Waals surface area contributed by atoms with Crippen molar-refractivity contribution in [1.82, 2.24) is 4.98 Å². The summed E-state index contributed by atoms with van der Waals surface area (Å²) in [6.07, 6.45) is 0. The molecule has 1 heterocycles. The second-order valence-corrected chi connectivity index (χ2v) is 4.46. The molecular formula is C12H10BrNO4. The summed E-state index contributed by atoms with van der Waals surface area (Å²) in [6.45, 7) is 0.0964. The average Bonchev–Trinajstić information content (AvgIpc) is 2.74. The van der Waals surface area contributed by atoms with E-state index in [1.165, 1.54) is 7.11 Å². The van der Waals surface area contributed by atoms with E-state index in [0.29, 0.717) is 5.56 Å². The van der Waals surface area contributed by atoms with Crippen molar-refractivity contribution in [3.63, 3.8) is 0 Å². The first-order valence-electron chi connectivity index (χ1n) is 5.09. The summed E-state index contributed by atoms with van der Waals surface area (Å²) in [5.74, 6) is -1.08. The van der Waals surface area contributed by atoms with E-state index in [1.807, 2.05) is 12.1 Å². The number of carboxylic acid groups (broad SMARTS) is 1. The van der Waals surface area contributed by atoms with Gasteiger partial charge in [0.05, 0.1) is 6.61 Å². The molecule has 0 saturated carbocycles. The molecule has 0 radical (unpaired) electrons. The maximum absolute atomic E-state index is 11.0. The van der Waals surface area contributed by atoms with Crippen LogP contribution in [-0.2, 0) is 11.3 Å². The number of aromatic carboxylic acids is 1. The van der Waals surface area contributed by atoms with E-state index in [1.54, 1.807) is 12.1 Å². The van der Waals surface area contributed by atoms with Crippen LogP contribution < -0.4 is 0 Å². The van der Waals surface area contributed by atoms with Crippen molar-refractivity contribution in [3.05, 3.63) is 40.2 Å². The van der Waals surface area contributed by atoms with Gasteiger partial charge in [0.15, 0.2) is 0 Å². The minimum atomic E-state index is -1.16. The van der Waals surface area contributed by atoms with Crippen LogP contribution >= 0.6 is 15.9 Å². The van der Waals surface area contributed by atoms with Gasteiger partial charge < -0.3 is 14.3 Å². The van der Waals surface area contributed by atoms with Crippen LogP contribution in [0.4, 0.5) is 0 Å². The van der Waals surface area contributed by atoms with E-state index in [4.69, 9.17) is 14.3 Å². The molecule has 5 nitrogen and oxygen atoms in total. The topological polar surface area (TPSA) is 72.6 Å². The molecule has 0 bridgehead atoms. The summed E-state index contributed by atoms with van der Waals surface area (Å²) in [4.78, 5) is 15.1. The number of methoxy groups -OCH3 is 1. The van der Waals surface area contributed by atoms with Crippen LogP contribution in [0.3, 0.4) is 0 Å². The van der Waals surface area contributed by atoms with Crippen molar-refractivity contribution in [2.24, 2.45) is 0 Å². The second kappa shape index (κ2) is 5.32. The summed E-state index contributed by atoms with van der Waals surface area (Å²) >= 11 is 3.33. The normalized spacial score (nSPS) is 10.6. The summed E-state index contributed by atoms with van der Waals surface area (Å²) in [5.41, 5.74) is 0.981. The quantitative estimate of drug-likeness (QED) is 0.939. The number of aromatic nitrogens is 1. The number of carbonyl (C=O) groups is 1. The summed E-state index contributed by atoms with van der Waals surface area (Å²) in [5, 5.41) is 9.01. The SMILES string of the molecule is COCc1nc(-c2cccc(Br)c2)oc1C(=O)O. The number of ether oxygens (including phenoxy) is 1. The molecule has 2 rings (SSSR count). The third-order valence-electron chi connectivity index (χ3n) is 2.24. The number of rotatable bonds is 4. The van der Waals surface area contributed by atoms with Crippen molar-refractivity contribution in [2.75, 3.05) is 7.11 Å². The molecule has 1 aromatic carbocycles. The standard InChI is InChI=1S/C12H10BrNO4/c1-17-6-9-10(12(15)16)18-11(14-9)7-3-2-4-8(13)5-7/h2-5H,6H2,1H3,(H,15,16). The molecule has 0 aliphatic heterocycles. The van der Waals surface area contributed by atoms with Crippen LogP contribution in [0.2, 0.25) is 0 Å². The van der Waals surface area contributed by atoms with Crippen molar-refractivity contribution in [2.45, 2.75) is 6.61 Å². The van der Waals surface area contributed by atoms with E-state index < -0.39 is 5.97 Å². The van der Waals surface area contributed by atoms with E-state index in [0.717, 1.165) is 4.47 Å². The lowest BCUT2D eigenvalue weighted by Gasteiger charge is -1.95. The third kappa shape index (κ3) is 2.60. The zero-order valence-corrected chi connectivity index (χ0v) is 11.1. The van der Waals surface area contributed by atoms with Gasteiger partial charge in [-0.25, -0.2) is 9.78 Å². The molecule has 0 amide bonds. The largest absolute Gasteiger partial charge is 0.475 e. The Balaban J connectivity index is 2.46. The van der Waals surface area contributed by atoms with E-state index in [2.05, 4.69) is 20.9 Å². The Morgan fingerprint density at radius 3 is 2.94 bits per heavy atom. The van der Waals surface area contributed by atoms with E-state index >= 15 is 0 Å². The molecule has 2 aromatic rings. The lowest BCUT2D eigenvalue weighted by atomic mass is 10.2. The van der Waals surface area contributed by atoms with Crippen LogP contribution in [0.1, 0.15) is 16.2 Å².